The zero-order chi connectivity index (χ0) is 17.5. The predicted molar refractivity (Wildman–Crippen MR) is 92.0 cm³/mol. The lowest BCUT2D eigenvalue weighted by Crippen LogP contribution is -2.40. The van der Waals surface area contributed by atoms with Gasteiger partial charge in [0.15, 0.2) is 0 Å². The van der Waals surface area contributed by atoms with Gasteiger partial charge in [0.05, 0.1) is 17.3 Å². The molecule has 1 aromatic carbocycles. The van der Waals surface area contributed by atoms with Gasteiger partial charge in [0.1, 0.15) is 19.2 Å². The molecule has 7 nitrogen and oxygen atoms in total. The van der Waals surface area contributed by atoms with Gasteiger partial charge in [-0.05, 0) is 24.6 Å². The van der Waals surface area contributed by atoms with E-state index in [0.717, 1.165) is 6.42 Å². The van der Waals surface area contributed by atoms with Gasteiger partial charge in [0.25, 0.3) is 0 Å². The van der Waals surface area contributed by atoms with E-state index in [0.29, 0.717) is 22.3 Å². The van der Waals surface area contributed by atoms with E-state index in [1.165, 1.54) is 22.2 Å². The van der Waals surface area contributed by atoms with Crippen molar-refractivity contribution in [2.24, 2.45) is 0 Å². The van der Waals surface area contributed by atoms with Crippen LogP contribution in [0.2, 0.25) is 10.0 Å². The van der Waals surface area contributed by atoms with Crippen molar-refractivity contribution in [2.75, 3.05) is 18.4 Å². The van der Waals surface area contributed by atoms with Crippen LogP contribution in [0.3, 0.4) is 0 Å². The third-order valence-corrected chi connectivity index (χ3v) is 3.71. The summed E-state index contributed by atoms with van der Waals surface area (Å²) < 4.78 is 1.41. The summed E-state index contributed by atoms with van der Waals surface area (Å²) in [6, 6.07) is 4.78. The summed E-state index contributed by atoms with van der Waals surface area (Å²) in [5.41, 5.74) is 0.411. The van der Waals surface area contributed by atoms with Crippen LogP contribution in [0.1, 0.15) is 13.3 Å². The molecule has 0 saturated carbocycles. The Bertz CT molecular complexity index is 706. The number of carbonyl (C=O) groups excluding carboxylic acids is 2. The van der Waals surface area contributed by atoms with Crippen LogP contribution < -0.4 is 5.32 Å². The van der Waals surface area contributed by atoms with Crippen molar-refractivity contribution in [3.8, 4) is 0 Å². The number of hydrogen-bond acceptors (Lipinski definition) is 4. The summed E-state index contributed by atoms with van der Waals surface area (Å²) in [6.07, 6.45) is 3.54. The van der Waals surface area contributed by atoms with Gasteiger partial charge in [-0.1, -0.05) is 30.1 Å². The van der Waals surface area contributed by atoms with Crippen molar-refractivity contribution in [2.45, 2.75) is 19.9 Å². The molecule has 0 aliphatic heterocycles. The molecular weight excluding hydrogens is 353 g/mol. The molecule has 0 aliphatic rings. The summed E-state index contributed by atoms with van der Waals surface area (Å²) in [5, 5.41) is 7.40. The van der Waals surface area contributed by atoms with Crippen LogP contribution in [-0.4, -0.2) is 44.6 Å². The van der Waals surface area contributed by atoms with Crippen LogP contribution in [0.5, 0.6) is 0 Å². The van der Waals surface area contributed by atoms with Gasteiger partial charge in [-0.2, -0.15) is 5.10 Å². The first-order valence-corrected chi connectivity index (χ1v) is 8.10. The number of hydrogen-bond donors (Lipinski definition) is 1. The fourth-order valence-corrected chi connectivity index (χ4v) is 2.41. The van der Waals surface area contributed by atoms with Gasteiger partial charge in [0, 0.05) is 11.6 Å². The van der Waals surface area contributed by atoms with Crippen molar-refractivity contribution < 1.29 is 9.59 Å². The lowest BCUT2D eigenvalue weighted by atomic mass is 10.3. The minimum absolute atomic E-state index is 0.0329. The smallest absolute Gasteiger partial charge is 0.244 e. The number of benzene rings is 1. The maximum Gasteiger partial charge on any atom is 0.244 e. The van der Waals surface area contributed by atoms with Crippen LogP contribution >= 0.6 is 23.2 Å². The number of aromatic nitrogens is 3. The zero-order valence-electron chi connectivity index (χ0n) is 13.1. The zero-order valence-corrected chi connectivity index (χ0v) is 14.6. The Balaban J connectivity index is 1.99. The molecule has 0 atom stereocenters. The van der Waals surface area contributed by atoms with E-state index < -0.39 is 0 Å². The average molecular weight is 370 g/mol. The monoisotopic (exact) mass is 369 g/mol. The van der Waals surface area contributed by atoms with E-state index in [-0.39, 0.29) is 24.9 Å². The first-order chi connectivity index (χ1) is 11.5. The lowest BCUT2D eigenvalue weighted by Gasteiger charge is -2.21. The van der Waals surface area contributed by atoms with Crippen LogP contribution in [0.4, 0.5) is 5.69 Å². The summed E-state index contributed by atoms with van der Waals surface area (Å²) in [4.78, 5) is 29.8. The maximum absolute atomic E-state index is 12.3. The highest BCUT2D eigenvalue weighted by Crippen LogP contribution is 2.25. The molecule has 128 valence electrons. The molecular formula is C15H17Cl2N5O2. The Hall–Kier alpha value is -2.12. The molecule has 0 aliphatic carbocycles. The van der Waals surface area contributed by atoms with Crippen LogP contribution in [-0.2, 0) is 16.1 Å². The largest absolute Gasteiger partial charge is 0.332 e. The van der Waals surface area contributed by atoms with E-state index in [9.17, 15) is 9.59 Å². The molecule has 0 fully saturated rings. The fraction of sp³-hybridized carbons (Fsp3) is 0.333. The summed E-state index contributed by atoms with van der Waals surface area (Å²) in [6.45, 7) is 2.35. The van der Waals surface area contributed by atoms with E-state index in [1.807, 2.05) is 6.92 Å². The standard InChI is InChI=1S/C15H17Cl2N5O2/c1-2-5-21(15(24)8-22-10-18-9-19-22)7-14(23)20-13-6-11(16)3-4-12(13)17/h3-4,6,9-10H,2,5,7-8H2,1H3,(H,20,23). The number of nitrogens with zero attached hydrogens (tertiary/aromatic N) is 4. The summed E-state index contributed by atoms with van der Waals surface area (Å²) >= 11 is 11.9. The molecule has 0 saturated heterocycles. The van der Waals surface area contributed by atoms with Crippen molar-refractivity contribution in [3.05, 3.63) is 40.9 Å². The van der Waals surface area contributed by atoms with Crippen molar-refractivity contribution >= 4 is 40.7 Å². The van der Waals surface area contributed by atoms with E-state index in [4.69, 9.17) is 23.2 Å². The average Bonchev–Trinajstić information content (AvgIpc) is 3.03. The van der Waals surface area contributed by atoms with Gasteiger partial charge in [-0.25, -0.2) is 9.67 Å². The van der Waals surface area contributed by atoms with Gasteiger partial charge in [-0.15, -0.1) is 0 Å². The molecule has 0 spiro atoms. The SMILES string of the molecule is CCCN(CC(=O)Nc1cc(Cl)ccc1Cl)C(=O)Cn1cncn1. The Morgan fingerprint density at radius 3 is 2.79 bits per heavy atom. The molecule has 2 rings (SSSR count). The molecule has 24 heavy (non-hydrogen) atoms. The highest BCUT2D eigenvalue weighted by molar-refractivity contribution is 6.35. The fourth-order valence-electron chi connectivity index (χ4n) is 2.07. The number of halogens is 2. The highest BCUT2D eigenvalue weighted by atomic mass is 35.5. The van der Waals surface area contributed by atoms with E-state index >= 15 is 0 Å². The first-order valence-electron chi connectivity index (χ1n) is 7.34. The predicted octanol–water partition coefficient (Wildman–Crippen LogP) is 2.46. The third kappa shape index (κ3) is 5.21. The molecule has 1 heterocycles. The lowest BCUT2D eigenvalue weighted by molar-refractivity contribution is -0.135. The molecule has 2 amide bonds. The van der Waals surface area contributed by atoms with E-state index in [2.05, 4.69) is 15.4 Å². The summed E-state index contributed by atoms with van der Waals surface area (Å²) in [7, 11) is 0. The Kier molecular flexibility index (Phi) is 6.57. The Labute approximate surface area is 149 Å². The molecule has 0 bridgehead atoms. The topological polar surface area (TPSA) is 80.1 Å². The quantitative estimate of drug-likeness (QED) is 0.812. The molecule has 9 heteroatoms. The number of nitrogens with one attached hydrogen (secondary N) is 1. The number of amides is 2. The number of rotatable bonds is 7. The van der Waals surface area contributed by atoms with E-state index in [1.54, 1.807) is 18.2 Å². The maximum atomic E-state index is 12.3. The van der Waals surface area contributed by atoms with Gasteiger partial charge in [0.2, 0.25) is 11.8 Å². The van der Waals surface area contributed by atoms with Crippen molar-refractivity contribution in [3.63, 3.8) is 0 Å². The van der Waals surface area contributed by atoms with Crippen LogP contribution in [0.15, 0.2) is 30.9 Å². The molecule has 1 aromatic heterocycles. The van der Waals surface area contributed by atoms with Gasteiger partial charge >= 0.3 is 0 Å². The molecule has 2 aromatic rings. The van der Waals surface area contributed by atoms with Crippen molar-refractivity contribution in [1.29, 1.82) is 0 Å². The number of anilines is 1. The Morgan fingerprint density at radius 2 is 2.12 bits per heavy atom. The normalized spacial score (nSPS) is 10.5. The third-order valence-electron chi connectivity index (χ3n) is 3.15. The minimum atomic E-state index is -0.348. The van der Waals surface area contributed by atoms with Gasteiger partial charge in [-0.3, -0.25) is 9.59 Å². The second-order valence-corrected chi connectivity index (χ2v) is 5.92. The van der Waals surface area contributed by atoms with Gasteiger partial charge < -0.3 is 10.2 Å². The number of carbonyl (C=O) groups is 2. The molecule has 0 radical (unpaired) electrons. The van der Waals surface area contributed by atoms with Crippen LogP contribution in [0.25, 0.3) is 0 Å². The second kappa shape index (κ2) is 8.65. The first kappa shape index (κ1) is 18.2. The molecule has 0 unspecified atom stereocenters. The second-order valence-electron chi connectivity index (χ2n) is 5.08. The highest BCUT2D eigenvalue weighted by Gasteiger charge is 2.18. The summed E-state index contributed by atoms with van der Waals surface area (Å²) in [5.74, 6) is -0.561. The van der Waals surface area contributed by atoms with Crippen LogP contribution in [0, 0.1) is 0 Å². The van der Waals surface area contributed by atoms with Crippen molar-refractivity contribution in [1.82, 2.24) is 19.7 Å². The minimum Gasteiger partial charge on any atom is -0.332 e. The Morgan fingerprint density at radius 1 is 1.33 bits per heavy atom. The molecule has 1 N–H and O–H groups in total.